The van der Waals surface area contributed by atoms with Crippen LogP contribution >= 0.6 is 0 Å². The lowest BCUT2D eigenvalue weighted by Crippen LogP contribution is -2.33. The van der Waals surface area contributed by atoms with Crippen molar-refractivity contribution in [3.8, 4) is 6.07 Å². The summed E-state index contributed by atoms with van der Waals surface area (Å²) in [5.41, 5.74) is 2.67. The molecule has 0 aliphatic carbocycles. The Balaban J connectivity index is 1.45. The van der Waals surface area contributed by atoms with Gasteiger partial charge < -0.3 is 19.5 Å². The number of benzene rings is 1. The molecule has 0 spiro atoms. The van der Waals surface area contributed by atoms with Gasteiger partial charge >= 0.3 is 6.09 Å². The van der Waals surface area contributed by atoms with Crippen molar-refractivity contribution in [2.24, 2.45) is 0 Å². The first kappa shape index (κ1) is 20.4. The van der Waals surface area contributed by atoms with Crippen LogP contribution in [0.25, 0.3) is 5.57 Å². The largest absolute Gasteiger partial charge is 0.442 e. The van der Waals surface area contributed by atoms with Crippen molar-refractivity contribution in [2.75, 3.05) is 36.0 Å². The van der Waals surface area contributed by atoms with Crippen LogP contribution in [0.4, 0.5) is 20.6 Å². The van der Waals surface area contributed by atoms with E-state index in [1.165, 1.54) is 24.2 Å². The van der Waals surface area contributed by atoms with Gasteiger partial charge in [0, 0.05) is 20.0 Å². The molecule has 9 nitrogen and oxygen atoms in total. The smallest absolute Gasteiger partial charge is 0.414 e. The van der Waals surface area contributed by atoms with Crippen molar-refractivity contribution < 1.29 is 23.2 Å². The van der Waals surface area contributed by atoms with Gasteiger partial charge in [0.25, 0.3) is 0 Å². The number of ether oxygens (including phenoxy) is 1. The van der Waals surface area contributed by atoms with Gasteiger partial charge in [-0.15, -0.1) is 0 Å². The number of aromatic nitrogens is 1. The summed E-state index contributed by atoms with van der Waals surface area (Å²) in [7, 11) is 0. The van der Waals surface area contributed by atoms with Crippen LogP contribution in [0.3, 0.4) is 0 Å². The zero-order valence-electron chi connectivity index (χ0n) is 16.8. The molecule has 1 atom stereocenters. The zero-order valence-corrected chi connectivity index (χ0v) is 16.8. The molecule has 2 aliphatic heterocycles. The van der Waals surface area contributed by atoms with Gasteiger partial charge in [0.15, 0.2) is 5.69 Å². The maximum atomic E-state index is 14.9. The van der Waals surface area contributed by atoms with Gasteiger partial charge in [-0.05, 0) is 30.2 Å². The summed E-state index contributed by atoms with van der Waals surface area (Å²) >= 11 is 0. The number of cyclic esters (lactones) is 1. The Morgan fingerprint density at radius 3 is 2.97 bits per heavy atom. The summed E-state index contributed by atoms with van der Waals surface area (Å²) in [5, 5.41) is 15.4. The third-order valence-electron chi connectivity index (χ3n) is 5.27. The quantitative estimate of drug-likeness (QED) is 0.783. The predicted octanol–water partition coefficient (Wildman–Crippen LogP) is 2.44. The van der Waals surface area contributed by atoms with Crippen LogP contribution in [-0.4, -0.2) is 49.4 Å². The van der Waals surface area contributed by atoms with Gasteiger partial charge in [0.1, 0.15) is 24.3 Å². The molecule has 10 heteroatoms. The highest BCUT2D eigenvalue weighted by Crippen LogP contribution is 2.31. The van der Waals surface area contributed by atoms with Crippen molar-refractivity contribution in [3.05, 3.63) is 47.6 Å². The highest BCUT2D eigenvalue weighted by molar-refractivity contribution is 5.90. The van der Waals surface area contributed by atoms with Gasteiger partial charge in [0.2, 0.25) is 5.91 Å². The second kappa shape index (κ2) is 8.47. The molecule has 2 aromatic rings. The Kier molecular flexibility index (Phi) is 5.58. The van der Waals surface area contributed by atoms with Crippen LogP contribution in [-0.2, 0) is 9.53 Å². The average molecular weight is 425 g/mol. The van der Waals surface area contributed by atoms with Crippen LogP contribution in [0.1, 0.15) is 24.6 Å². The van der Waals surface area contributed by atoms with E-state index in [-0.39, 0.29) is 24.7 Å². The van der Waals surface area contributed by atoms with Gasteiger partial charge in [-0.25, -0.2) is 9.18 Å². The molecule has 1 fully saturated rings. The van der Waals surface area contributed by atoms with Gasteiger partial charge in [-0.2, -0.15) is 5.26 Å². The van der Waals surface area contributed by atoms with E-state index in [0.29, 0.717) is 36.4 Å². The third kappa shape index (κ3) is 4.21. The molecule has 31 heavy (non-hydrogen) atoms. The number of nitrogens with one attached hydrogen (secondary N) is 1. The lowest BCUT2D eigenvalue weighted by molar-refractivity contribution is -0.119. The lowest BCUT2D eigenvalue weighted by atomic mass is 10.00. The number of nitrogens with zero attached hydrogens (tertiary/aromatic N) is 4. The normalized spacial score (nSPS) is 18.4. The summed E-state index contributed by atoms with van der Waals surface area (Å²) in [4.78, 5) is 26.4. The fourth-order valence-electron chi connectivity index (χ4n) is 3.69. The van der Waals surface area contributed by atoms with Gasteiger partial charge in [-0.1, -0.05) is 11.2 Å². The summed E-state index contributed by atoms with van der Waals surface area (Å²) in [5.74, 6) is -0.660. The monoisotopic (exact) mass is 425 g/mol. The van der Waals surface area contributed by atoms with Crippen molar-refractivity contribution >= 4 is 28.9 Å². The summed E-state index contributed by atoms with van der Waals surface area (Å²) in [6, 6.07) is 6.62. The number of rotatable bonds is 5. The van der Waals surface area contributed by atoms with E-state index in [0.717, 1.165) is 5.57 Å². The summed E-state index contributed by atoms with van der Waals surface area (Å²) in [6.07, 6.45) is 2.93. The van der Waals surface area contributed by atoms with Gasteiger partial charge in [-0.3, -0.25) is 9.69 Å². The van der Waals surface area contributed by atoms with Crippen LogP contribution in [0.5, 0.6) is 0 Å². The molecule has 3 heterocycles. The van der Waals surface area contributed by atoms with E-state index in [2.05, 4.69) is 10.5 Å². The fourth-order valence-corrected chi connectivity index (χ4v) is 3.69. The lowest BCUT2D eigenvalue weighted by Gasteiger charge is -2.29. The molecule has 0 saturated carbocycles. The number of halogens is 1. The zero-order chi connectivity index (χ0) is 22.0. The highest BCUT2D eigenvalue weighted by atomic mass is 19.1. The van der Waals surface area contributed by atoms with Crippen molar-refractivity contribution in [1.82, 2.24) is 10.5 Å². The molecular weight excluding hydrogens is 405 g/mol. The number of hydrogen-bond donors (Lipinski definition) is 1. The minimum Gasteiger partial charge on any atom is -0.442 e. The first-order valence-corrected chi connectivity index (χ1v) is 9.77. The molecule has 1 aromatic heterocycles. The Labute approximate surface area is 177 Å². The molecule has 1 N–H and O–H groups in total. The molecular formula is C21H20FN5O4. The third-order valence-corrected chi connectivity index (χ3v) is 5.27. The first-order chi connectivity index (χ1) is 15.0. The van der Waals surface area contributed by atoms with E-state index >= 15 is 0 Å². The predicted molar refractivity (Wildman–Crippen MR) is 109 cm³/mol. The SMILES string of the molecule is CC(=O)NC[C@H]1CN(c2ccc(N3CC=C(c4conc4C#N)CC3)c(F)c2)C(=O)O1. The van der Waals surface area contributed by atoms with Crippen LogP contribution in [0.15, 0.2) is 35.1 Å². The molecule has 1 saturated heterocycles. The second-order valence-electron chi connectivity index (χ2n) is 7.30. The molecule has 160 valence electrons. The number of anilines is 2. The molecule has 2 aliphatic rings. The Morgan fingerprint density at radius 1 is 1.45 bits per heavy atom. The maximum absolute atomic E-state index is 14.9. The molecule has 1 aromatic carbocycles. The number of hydrogen-bond acceptors (Lipinski definition) is 7. The second-order valence-corrected chi connectivity index (χ2v) is 7.30. The fraction of sp³-hybridized carbons (Fsp3) is 0.333. The number of carbonyl (C=O) groups excluding carboxylic acids is 2. The van der Waals surface area contributed by atoms with Gasteiger partial charge in [0.05, 0.1) is 30.0 Å². The minimum absolute atomic E-state index is 0.209. The average Bonchev–Trinajstić information content (AvgIpc) is 3.38. The van der Waals surface area contributed by atoms with Crippen LogP contribution in [0.2, 0.25) is 0 Å². The maximum Gasteiger partial charge on any atom is 0.414 e. The highest BCUT2D eigenvalue weighted by Gasteiger charge is 2.33. The Morgan fingerprint density at radius 2 is 2.29 bits per heavy atom. The Hall–Kier alpha value is -3.87. The topological polar surface area (TPSA) is 112 Å². The number of carbonyl (C=O) groups is 2. The van der Waals surface area contributed by atoms with E-state index in [1.807, 2.05) is 17.0 Å². The Bertz CT molecular complexity index is 1090. The van der Waals surface area contributed by atoms with Crippen molar-refractivity contribution in [2.45, 2.75) is 19.4 Å². The molecule has 0 unspecified atom stereocenters. The van der Waals surface area contributed by atoms with Crippen LogP contribution in [0, 0.1) is 17.1 Å². The van der Waals surface area contributed by atoms with Crippen molar-refractivity contribution in [1.29, 1.82) is 5.26 Å². The molecule has 4 rings (SSSR count). The van der Waals surface area contributed by atoms with Crippen LogP contribution < -0.4 is 15.1 Å². The molecule has 2 amide bonds. The molecule has 0 bridgehead atoms. The van der Waals surface area contributed by atoms with Crippen molar-refractivity contribution in [3.63, 3.8) is 0 Å². The minimum atomic E-state index is -0.574. The number of nitriles is 1. The standard InChI is InChI=1S/C21H20FN5O4/c1-13(28)24-10-16-11-27(21(29)31-16)15-2-3-20(18(22)8-15)26-6-4-14(5-7-26)17-12-30-25-19(17)9-23/h2-4,8,12,16H,5-7,10-11H2,1H3,(H,24,28)/t16-/m0/s1. The van der Waals surface area contributed by atoms with E-state index < -0.39 is 18.0 Å². The van der Waals surface area contributed by atoms with E-state index in [1.54, 1.807) is 12.1 Å². The first-order valence-electron chi connectivity index (χ1n) is 9.77. The number of amides is 2. The van der Waals surface area contributed by atoms with E-state index in [4.69, 9.17) is 14.5 Å². The summed E-state index contributed by atoms with van der Waals surface area (Å²) in [6.45, 7) is 2.85. The summed E-state index contributed by atoms with van der Waals surface area (Å²) < 4.78 is 25.0. The molecule has 0 radical (unpaired) electrons. The van der Waals surface area contributed by atoms with E-state index in [9.17, 15) is 14.0 Å².